The van der Waals surface area contributed by atoms with Crippen LogP contribution in [0.15, 0.2) is 25.6 Å². The lowest BCUT2D eigenvalue weighted by Gasteiger charge is -2.09. The summed E-state index contributed by atoms with van der Waals surface area (Å²) in [5.74, 6) is 0.875. The summed E-state index contributed by atoms with van der Waals surface area (Å²) in [6.45, 7) is 2.91. The molecule has 78 valence electrons. The topological polar surface area (TPSA) is 9.23 Å². The summed E-state index contributed by atoms with van der Waals surface area (Å²) in [5, 5.41) is 0. The molecule has 0 atom stereocenters. The predicted octanol–water partition coefficient (Wildman–Crippen LogP) is 5.15. The quantitative estimate of drug-likeness (QED) is 0.513. The minimum Gasteiger partial charge on any atom is -0.492 e. The van der Waals surface area contributed by atoms with Gasteiger partial charge in [-0.25, -0.2) is 0 Å². The molecule has 0 fully saturated rings. The van der Waals surface area contributed by atoms with Gasteiger partial charge in [-0.1, -0.05) is 29.3 Å². The number of benzene rings is 1. The van der Waals surface area contributed by atoms with Gasteiger partial charge in [-0.15, -0.1) is 0 Å². The first-order valence-corrected chi connectivity index (χ1v) is 6.80. The number of unbranched alkanes of at least 4 members (excludes halogenated alkanes) is 1. The second-order valence-electron chi connectivity index (χ2n) is 2.90. The summed E-state index contributed by atoms with van der Waals surface area (Å²) in [6, 6.07) is 3.95. The monoisotopic (exact) mass is 384 g/mol. The lowest BCUT2D eigenvalue weighted by Crippen LogP contribution is -1.97. The number of ether oxygens (including phenoxy) is 1. The molecule has 0 saturated carbocycles. The highest BCUT2D eigenvalue weighted by Crippen LogP contribution is 2.35. The highest BCUT2D eigenvalue weighted by Gasteiger charge is 2.06. The minimum absolute atomic E-state index is 0.762. The summed E-state index contributed by atoms with van der Waals surface area (Å²) >= 11 is 10.3. The zero-order valence-corrected chi connectivity index (χ0v) is 12.6. The Morgan fingerprint density at radius 3 is 2.57 bits per heavy atom. The smallest absolute Gasteiger partial charge is 0.135 e. The van der Waals surface area contributed by atoms with Crippen LogP contribution in [0, 0.1) is 0 Å². The highest BCUT2D eigenvalue weighted by molar-refractivity contribution is 9.13. The molecule has 4 heteroatoms. The molecule has 0 N–H and O–H groups in total. The van der Waals surface area contributed by atoms with Crippen molar-refractivity contribution in [3.8, 4) is 5.75 Å². The van der Waals surface area contributed by atoms with Gasteiger partial charge in [0.1, 0.15) is 5.75 Å². The molecule has 1 nitrogen and oxygen atoms in total. The summed E-state index contributed by atoms with van der Waals surface area (Å²) in [4.78, 5) is 0. The fourth-order valence-electron chi connectivity index (χ4n) is 0.964. The van der Waals surface area contributed by atoms with Gasteiger partial charge in [0.05, 0.1) is 11.1 Å². The van der Waals surface area contributed by atoms with Crippen LogP contribution in [0.4, 0.5) is 0 Å². The molecule has 1 aromatic rings. The lowest BCUT2D eigenvalue weighted by molar-refractivity contribution is 0.307. The molecule has 0 radical (unpaired) electrons. The first-order chi connectivity index (χ1) is 6.65. The second-order valence-corrected chi connectivity index (χ2v) is 5.46. The van der Waals surface area contributed by atoms with E-state index >= 15 is 0 Å². The van der Waals surface area contributed by atoms with Crippen LogP contribution in [0.5, 0.6) is 5.75 Å². The largest absolute Gasteiger partial charge is 0.492 e. The van der Waals surface area contributed by atoms with Gasteiger partial charge < -0.3 is 4.74 Å². The third kappa shape index (κ3) is 3.55. The van der Waals surface area contributed by atoms with Crippen LogP contribution < -0.4 is 4.74 Å². The van der Waals surface area contributed by atoms with E-state index in [-0.39, 0.29) is 0 Å². The van der Waals surface area contributed by atoms with E-state index in [2.05, 4.69) is 54.7 Å². The lowest BCUT2D eigenvalue weighted by atomic mass is 10.3. The molecule has 1 aromatic carbocycles. The van der Waals surface area contributed by atoms with Crippen molar-refractivity contribution in [3.05, 3.63) is 25.6 Å². The van der Waals surface area contributed by atoms with E-state index in [1.54, 1.807) is 0 Å². The van der Waals surface area contributed by atoms with E-state index in [0.717, 1.165) is 38.6 Å². The van der Waals surface area contributed by atoms with Crippen LogP contribution in [0.3, 0.4) is 0 Å². The third-order valence-electron chi connectivity index (χ3n) is 1.72. The van der Waals surface area contributed by atoms with Crippen LogP contribution in [-0.4, -0.2) is 6.61 Å². The summed E-state index contributed by atoms with van der Waals surface area (Å²) in [7, 11) is 0. The van der Waals surface area contributed by atoms with Crippen molar-refractivity contribution in [2.75, 3.05) is 6.61 Å². The van der Waals surface area contributed by atoms with Gasteiger partial charge >= 0.3 is 0 Å². The zero-order valence-electron chi connectivity index (χ0n) is 7.82. The van der Waals surface area contributed by atoms with Crippen LogP contribution in [-0.2, 0) is 0 Å². The van der Waals surface area contributed by atoms with Crippen LogP contribution >= 0.6 is 47.8 Å². The predicted molar refractivity (Wildman–Crippen MR) is 69.9 cm³/mol. The molecule has 0 amide bonds. The number of hydrogen-bond acceptors (Lipinski definition) is 1. The average Bonchev–Trinajstić information content (AvgIpc) is 2.13. The number of hydrogen-bond donors (Lipinski definition) is 0. The fraction of sp³-hybridized carbons (Fsp3) is 0.400. The Morgan fingerprint density at radius 1 is 1.21 bits per heavy atom. The van der Waals surface area contributed by atoms with Gasteiger partial charge in [0, 0.05) is 8.95 Å². The maximum absolute atomic E-state index is 5.63. The molecule has 1 rings (SSSR count). The summed E-state index contributed by atoms with van der Waals surface area (Å²) in [6.07, 6.45) is 2.23. The molecule has 0 aliphatic heterocycles. The average molecular weight is 387 g/mol. The molecule has 0 unspecified atom stereocenters. The standard InChI is InChI=1S/C10H11Br3O/c1-2-3-4-14-9-6-7(11)5-8(12)10(9)13/h5-6H,2-4H2,1H3. The van der Waals surface area contributed by atoms with Crippen molar-refractivity contribution < 1.29 is 4.74 Å². The van der Waals surface area contributed by atoms with Crippen molar-refractivity contribution in [1.82, 2.24) is 0 Å². The first-order valence-electron chi connectivity index (χ1n) is 4.42. The fourth-order valence-corrected chi connectivity index (χ4v) is 2.49. The van der Waals surface area contributed by atoms with Gasteiger partial charge in [-0.3, -0.25) is 0 Å². The molecule has 14 heavy (non-hydrogen) atoms. The van der Waals surface area contributed by atoms with E-state index in [1.165, 1.54) is 0 Å². The Labute approximate surface area is 110 Å². The van der Waals surface area contributed by atoms with E-state index in [1.807, 2.05) is 12.1 Å². The van der Waals surface area contributed by atoms with Crippen LogP contribution in [0.25, 0.3) is 0 Å². The molecular formula is C10H11Br3O. The molecular weight excluding hydrogens is 376 g/mol. The van der Waals surface area contributed by atoms with Crippen molar-refractivity contribution >= 4 is 47.8 Å². The van der Waals surface area contributed by atoms with Crippen LogP contribution in [0.2, 0.25) is 0 Å². The Kier molecular flexibility index (Phi) is 5.49. The van der Waals surface area contributed by atoms with Crippen molar-refractivity contribution in [2.24, 2.45) is 0 Å². The van der Waals surface area contributed by atoms with Crippen molar-refractivity contribution in [1.29, 1.82) is 0 Å². The minimum atomic E-state index is 0.762. The maximum atomic E-state index is 5.63. The third-order valence-corrected chi connectivity index (χ3v) is 4.15. The SMILES string of the molecule is CCCCOc1cc(Br)cc(Br)c1Br. The molecule has 0 saturated heterocycles. The normalized spacial score (nSPS) is 10.3. The van der Waals surface area contributed by atoms with Gasteiger partial charge in [0.2, 0.25) is 0 Å². The van der Waals surface area contributed by atoms with Gasteiger partial charge in [-0.2, -0.15) is 0 Å². The van der Waals surface area contributed by atoms with Gasteiger partial charge in [0.15, 0.2) is 0 Å². The maximum Gasteiger partial charge on any atom is 0.135 e. The molecule has 0 spiro atoms. The molecule has 0 bridgehead atoms. The van der Waals surface area contributed by atoms with Crippen molar-refractivity contribution in [3.63, 3.8) is 0 Å². The van der Waals surface area contributed by atoms with E-state index < -0.39 is 0 Å². The molecule has 0 heterocycles. The number of halogens is 3. The first kappa shape index (κ1) is 12.5. The highest BCUT2D eigenvalue weighted by atomic mass is 79.9. The molecule has 0 aliphatic carbocycles. The Balaban J connectivity index is 2.75. The second kappa shape index (κ2) is 6.13. The van der Waals surface area contributed by atoms with Gasteiger partial charge in [-0.05, 0) is 50.4 Å². The van der Waals surface area contributed by atoms with Gasteiger partial charge in [0.25, 0.3) is 0 Å². The van der Waals surface area contributed by atoms with Crippen molar-refractivity contribution in [2.45, 2.75) is 19.8 Å². The summed E-state index contributed by atoms with van der Waals surface area (Å²) in [5.41, 5.74) is 0. The zero-order chi connectivity index (χ0) is 10.6. The molecule has 0 aliphatic rings. The Bertz CT molecular complexity index is 312. The summed E-state index contributed by atoms with van der Waals surface area (Å²) < 4.78 is 8.61. The number of rotatable bonds is 4. The molecule has 0 aromatic heterocycles. The van der Waals surface area contributed by atoms with E-state index in [0.29, 0.717) is 0 Å². The van der Waals surface area contributed by atoms with Crippen LogP contribution in [0.1, 0.15) is 19.8 Å². The van der Waals surface area contributed by atoms with E-state index in [9.17, 15) is 0 Å². The van der Waals surface area contributed by atoms with E-state index in [4.69, 9.17) is 4.74 Å². The Hall–Kier alpha value is 0.460. The Morgan fingerprint density at radius 2 is 1.93 bits per heavy atom.